The molecule has 0 spiro atoms. The van der Waals surface area contributed by atoms with Crippen LogP contribution in [0.3, 0.4) is 0 Å². The third-order valence-electron chi connectivity index (χ3n) is 6.71. The van der Waals surface area contributed by atoms with Gasteiger partial charge in [0.15, 0.2) is 0 Å². The second-order valence-electron chi connectivity index (χ2n) is 9.24. The summed E-state index contributed by atoms with van der Waals surface area (Å²) in [6, 6.07) is 7.87. The van der Waals surface area contributed by atoms with E-state index in [4.69, 9.17) is 4.52 Å². The number of carbonyl (C=O) groups excluding carboxylic acids is 1. The van der Waals surface area contributed by atoms with Crippen molar-refractivity contribution in [2.24, 2.45) is 11.8 Å². The molecule has 2 fully saturated rings. The minimum absolute atomic E-state index is 0.114. The van der Waals surface area contributed by atoms with Crippen molar-refractivity contribution in [2.45, 2.75) is 45.6 Å². The van der Waals surface area contributed by atoms with Gasteiger partial charge in [-0.15, -0.1) is 0 Å². The van der Waals surface area contributed by atoms with Crippen molar-refractivity contribution in [2.75, 3.05) is 39.3 Å². The van der Waals surface area contributed by atoms with E-state index >= 15 is 0 Å². The summed E-state index contributed by atoms with van der Waals surface area (Å²) in [4.78, 5) is 21.9. The summed E-state index contributed by atoms with van der Waals surface area (Å²) in [6.45, 7) is 9.01. The highest BCUT2D eigenvalue weighted by atomic mass is 79.9. The fourth-order valence-corrected chi connectivity index (χ4v) is 4.79. The van der Waals surface area contributed by atoms with Gasteiger partial charge in [0.25, 0.3) is 0 Å². The summed E-state index contributed by atoms with van der Waals surface area (Å²) in [5.41, 5.74) is 0.938. The second-order valence-corrected chi connectivity index (χ2v) is 10.2. The molecule has 174 valence electrons. The maximum absolute atomic E-state index is 12.6. The van der Waals surface area contributed by atoms with Crippen LogP contribution in [0.15, 0.2) is 33.3 Å². The molecule has 0 saturated carbocycles. The fraction of sp³-hybridized carbons (Fsp3) is 0.625. The zero-order valence-corrected chi connectivity index (χ0v) is 20.5. The first-order chi connectivity index (χ1) is 15.6. The van der Waals surface area contributed by atoms with Crippen LogP contribution in [0.2, 0.25) is 0 Å². The zero-order chi connectivity index (χ0) is 22.3. The van der Waals surface area contributed by atoms with E-state index in [1.54, 1.807) is 0 Å². The molecule has 4 rings (SSSR count). The van der Waals surface area contributed by atoms with Gasteiger partial charge in [0.2, 0.25) is 17.6 Å². The van der Waals surface area contributed by atoms with Gasteiger partial charge in [-0.3, -0.25) is 9.69 Å². The number of aromatic nitrogens is 2. The average molecular weight is 504 g/mol. The van der Waals surface area contributed by atoms with E-state index in [2.05, 4.69) is 48.1 Å². The Morgan fingerprint density at radius 2 is 1.78 bits per heavy atom. The van der Waals surface area contributed by atoms with Crippen LogP contribution in [0.4, 0.5) is 0 Å². The van der Waals surface area contributed by atoms with Crippen molar-refractivity contribution in [3.05, 3.63) is 34.6 Å². The number of likely N-dealkylation sites (tertiary alicyclic amines) is 2. The predicted octanol–water partition coefficient (Wildman–Crippen LogP) is 3.95. The summed E-state index contributed by atoms with van der Waals surface area (Å²) in [5.74, 6) is 2.43. The molecule has 0 radical (unpaired) electrons. The van der Waals surface area contributed by atoms with E-state index in [-0.39, 0.29) is 11.8 Å². The van der Waals surface area contributed by atoms with Gasteiger partial charge in [-0.2, -0.15) is 4.98 Å². The number of nitrogens with zero attached hydrogens (tertiary/aromatic N) is 4. The standard InChI is InChI=1S/C24H34BrN5O2/c1-18-7-13-29(14-8-18)12-2-11-26-24(31)20-9-15-30(16-10-20)17-22-27-23(28-32-22)19-3-5-21(25)6-4-19/h3-6,18,20H,2,7-17H2,1H3,(H,26,31). The van der Waals surface area contributed by atoms with Crippen LogP contribution in [-0.4, -0.2) is 65.1 Å². The van der Waals surface area contributed by atoms with Gasteiger partial charge < -0.3 is 14.7 Å². The molecule has 2 saturated heterocycles. The summed E-state index contributed by atoms with van der Waals surface area (Å²) in [7, 11) is 0. The molecule has 0 atom stereocenters. The molecule has 0 aliphatic carbocycles. The van der Waals surface area contributed by atoms with E-state index in [9.17, 15) is 4.79 Å². The largest absolute Gasteiger partial charge is 0.356 e. The van der Waals surface area contributed by atoms with Gasteiger partial charge in [0.1, 0.15) is 0 Å². The SMILES string of the molecule is CC1CCN(CCCNC(=O)C2CCN(Cc3nc(-c4ccc(Br)cc4)no3)CC2)CC1. The van der Waals surface area contributed by atoms with Gasteiger partial charge in [0, 0.05) is 22.5 Å². The molecule has 3 heterocycles. The number of halogens is 1. The lowest BCUT2D eigenvalue weighted by Gasteiger charge is -2.31. The third kappa shape index (κ3) is 6.62. The Morgan fingerprint density at radius 1 is 1.09 bits per heavy atom. The number of carbonyl (C=O) groups is 1. The number of nitrogens with one attached hydrogen (secondary N) is 1. The molecule has 2 aromatic rings. The van der Waals surface area contributed by atoms with Crippen molar-refractivity contribution in [1.29, 1.82) is 0 Å². The Bertz CT molecular complexity index is 856. The Morgan fingerprint density at radius 3 is 2.50 bits per heavy atom. The van der Waals surface area contributed by atoms with E-state index in [1.807, 2.05) is 24.3 Å². The van der Waals surface area contributed by atoms with Crippen molar-refractivity contribution >= 4 is 21.8 Å². The molecule has 1 amide bonds. The van der Waals surface area contributed by atoms with E-state index < -0.39 is 0 Å². The van der Waals surface area contributed by atoms with Crippen molar-refractivity contribution < 1.29 is 9.32 Å². The van der Waals surface area contributed by atoms with Gasteiger partial charge in [-0.1, -0.05) is 28.0 Å². The highest BCUT2D eigenvalue weighted by molar-refractivity contribution is 9.10. The summed E-state index contributed by atoms with van der Waals surface area (Å²) in [5, 5.41) is 7.27. The fourth-order valence-electron chi connectivity index (χ4n) is 4.52. The van der Waals surface area contributed by atoms with Crippen LogP contribution in [0.25, 0.3) is 11.4 Å². The summed E-state index contributed by atoms with van der Waals surface area (Å²) in [6.07, 6.45) is 5.41. The van der Waals surface area contributed by atoms with Gasteiger partial charge in [-0.05, 0) is 95.0 Å². The lowest BCUT2D eigenvalue weighted by Crippen LogP contribution is -2.41. The lowest BCUT2D eigenvalue weighted by atomic mass is 9.96. The first-order valence-electron chi connectivity index (χ1n) is 11.9. The molecule has 2 aliphatic rings. The third-order valence-corrected chi connectivity index (χ3v) is 7.24. The van der Waals surface area contributed by atoms with Crippen LogP contribution >= 0.6 is 15.9 Å². The van der Waals surface area contributed by atoms with E-state index in [1.165, 1.54) is 25.9 Å². The number of rotatable bonds is 8. The van der Waals surface area contributed by atoms with Gasteiger partial charge in [-0.25, -0.2) is 0 Å². The van der Waals surface area contributed by atoms with Crippen molar-refractivity contribution in [1.82, 2.24) is 25.3 Å². The maximum Gasteiger partial charge on any atom is 0.241 e. The molecule has 7 nitrogen and oxygen atoms in total. The Balaban J connectivity index is 1.14. The zero-order valence-electron chi connectivity index (χ0n) is 18.9. The molecular weight excluding hydrogens is 470 g/mol. The second kappa shape index (κ2) is 11.4. The molecule has 0 bridgehead atoms. The van der Waals surface area contributed by atoms with Gasteiger partial charge >= 0.3 is 0 Å². The average Bonchev–Trinajstić information content (AvgIpc) is 3.27. The van der Waals surface area contributed by atoms with Crippen LogP contribution in [-0.2, 0) is 11.3 Å². The van der Waals surface area contributed by atoms with E-state index in [0.29, 0.717) is 18.3 Å². The maximum atomic E-state index is 12.6. The monoisotopic (exact) mass is 503 g/mol. The molecule has 1 aromatic heterocycles. The highest BCUT2D eigenvalue weighted by Gasteiger charge is 2.26. The van der Waals surface area contributed by atoms with Crippen LogP contribution in [0.1, 0.15) is 44.9 Å². The van der Waals surface area contributed by atoms with E-state index in [0.717, 1.165) is 61.4 Å². The normalized spacial score (nSPS) is 19.3. The van der Waals surface area contributed by atoms with Crippen molar-refractivity contribution in [3.8, 4) is 11.4 Å². The van der Waals surface area contributed by atoms with Crippen LogP contribution in [0.5, 0.6) is 0 Å². The molecule has 8 heteroatoms. The van der Waals surface area contributed by atoms with Crippen molar-refractivity contribution in [3.63, 3.8) is 0 Å². The highest BCUT2D eigenvalue weighted by Crippen LogP contribution is 2.22. The van der Waals surface area contributed by atoms with Gasteiger partial charge in [0.05, 0.1) is 6.54 Å². The Hall–Kier alpha value is -1.77. The first-order valence-corrected chi connectivity index (χ1v) is 12.7. The number of hydrogen-bond donors (Lipinski definition) is 1. The summed E-state index contributed by atoms with van der Waals surface area (Å²) >= 11 is 3.44. The quantitative estimate of drug-likeness (QED) is 0.549. The summed E-state index contributed by atoms with van der Waals surface area (Å²) < 4.78 is 6.47. The minimum atomic E-state index is 0.114. The Labute approximate surface area is 199 Å². The Kier molecular flexibility index (Phi) is 8.32. The number of amides is 1. The topological polar surface area (TPSA) is 74.5 Å². The number of hydrogen-bond acceptors (Lipinski definition) is 6. The molecular formula is C24H34BrN5O2. The lowest BCUT2D eigenvalue weighted by molar-refractivity contribution is -0.126. The molecule has 1 N–H and O–H groups in total. The molecule has 32 heavy (non-hydrogen) atoms. The molecule has 2 aliphatic heterocycles. The predicted molar refractivity (Wildman–Crippen MR) is 128 cm³/mol. The first kappa shape index (κ1) is 23.4. The van der Waals surface area contributed by atoms with Crippen LogP contribution in [0, 0.1) is 11.8 Å². The number of piperidine rings is 2. The number of benzene rings is 1. The minimum Gasteiger partial charge on any atom is -0.356 e. The molecule has 1 aromatic carbocycles. The smallest absolute Gasteiger partial charge is 0.241 e. The molecule has 0 unspecified atom stereocenters. The van der Waals surface area contributed by atoms with Crippen LogP contribution < -0.4 is 5.32 Å².